The first-order valence-corrected chi connectivity index (χ1v) is 7.59. The lowest BCUT2D eigenvalue weighted by atomic mass is 10.2. The minimum atomic E-state index is 0.411. The Balaban J connectivity index is 2.59. The summed E-state index contributed by atoms with van der Waals surface area (Å²) >= 11 is 0. The van der Waals surface area contributed by atoms with Crippen molar-refractivity contribution in [2.75, 3.05) is 26.8 Å². The van der Waals surface area contributed by atoms with E-state index in [4.69, 9.17) is 9.72 Å². The van der Waals surface area contributed by atoms with Gasteiger partial charge < -0.3 is 10.1 Å². The van der Waals surface area contributed by atoms with Crippen molar-refractivity contribution < 1.29 is 4.74 Å². The van der Waals surface area contributed by atoms with Gasteiger partial charge in [-0.3, -0.25) is 9.88 Å². The molecule has 1 N–H and O–H groups in total. The molecule has 0 aliphatic heterocycles. The maximum absolute atomic E-state index is 5.24. The van der Waals surface area contributed by atoms with E-state index in [9.17, 15) is 0 Å². The van der Waals surface area contributed by atoms with Crippen molar-refractivity contribution >= 4 is 0 Å². The monoisotopic (exact) mass is 279 g/mol. The fraction of sp³-hybridized carbons (Fsp3) is 0.688. The average Bonchev–Trinajstić information content (AvgIpc) is 2.46. The Labute approximate surface area is 123 Å². The maximum atomic E-state index is 5.24. The quantitative estimate of drug-likeness (QED) is 0.668. The van der Waals surface area contributed by atoms with Crippen LogP contribution in [0.1, 0.15) is 38.6 Å². The lowest BCUT2D eigenvalue weighted by molar-refractivity contribution is 0.0973. The summed E-state index contributed by atoms with van der Waals surface area (Å²) in [6.07, 6.45) is 1.15. The van der Waals surface area contributed by atoms with E-state index < -0.39 is 0 Å². The van der Waals surface area contributed by atoms with Crippen molar-refractivity contribution in [1.29, 1.82) is 0 Å². The fourth-order valence-corrected chi connectivity index (χ4v) is 2.24. The number of nitrogens with zero attached hydrogens (tertiary/aromatic N) is 2. The number of hydrogen-bond acceptors (Lipinski definition) is 4. The number of hydrogen-bond donors (Lipinski definition) is 1. The molecule has 0 bridgehead atoms. The van der Waals surface area contributed by atoms with Crippen LogP contribution in [0.5, 0.6) is 0 Å². The fourth-order valence-electron chi connectivity index (χ4n) is 2.24. The molecular weight excluding hydrogens is 250 g/mol. The summed E-state index contributed by atoms with van der Waals surface area (Å²) in [7, 11) is 1.75. The molecule has 0 aromatic carbocycles. The summed E-state index contributed by atoms with van der Waals surface area (Å²) in [5, 5.41) is 3.39. The van der Waals surface area contributed by atoms with Gasteiger partial charge in [-0.25, -0.2) is 0 Å². The van der Waals surface area contributed by atoms with Crippen molar-refractivity contribution in [2.24, 2.45) is 0 Å². The van der Waals surface area contributed by atoms with Gasteiger partial charge in [0.1, 0.15) is 0 Å². The number of ether oxygens (including phenoxy) is 1. The largest absolute Gasteiger partial charge is 0.383 e. The molecule has 4 heteroatoms. The molecule has 1 rings (SSSR count). The molecule has 0 aliphatic rings. The first-order valence-electron chi connectivity index (χ1n) is 7.59. The third kappa shape index (κ3) is 5.99. The summed E-state index contributed by atoms with van der Waals surface area (Å²) < 4.78 is 5.24. The Morgan fingerprint density at radius 3 is 2.70 bits per heavy atom. The zero-order valence-corrected chi connectivity index (χ0v) is 13.4. The second-order valence-corrected chi connectivity index (χ2v) is 5.16. The molecular formula is C16H29N3O. The third-order valence-corrected chi connectivity index (χ3v) is 3.40. The number of pyridine rings is 1. The predicted molar refractivity (Wildman–Crippen MR) is 83.7 cm³/mol. The van der Waals surface area contributed by atoms with Gasteiger partial charge in [0.15, 0.2) is 0 Å². The second-order valence-electron chi connectivity index (χ2n) is 5.16. The second kappa shape index (κ2) is 9.86. The molecule has 0 aliphatic carbocycles. The highest BCUT2D eigenvalue weighted by atomic mass is 16.5. The summed E-state index contributed by atoms with van der Waals surface area (Å²) in [5.74, 6) is 0. The summed E-state index contributed by atoms with van der Waals surface area (Å²) in [5.41, 5.74) is 2.25. The van der Waals surface area contributed by atoms with Crippen molar-refractivity contribution in [3.8, 4) is 0 Å². The van der Waals surface area contributed by atoms with Crippen molar-refractivity contribution in [3.63, 3.8) is 0 Å². The molecule has 0 saturated carbocycles. The van der Waals surface area contributed by atoms with Gasteiger partial charge in [-0.1, -0.05) is 19.9 Å². The highest BCUT2D eigenvalue weighted by Crippen LogP contribution is 2.08. The van der Waals surface area contributed by atoms with E-state index in [0.29, 0.717) is 6.04 Å². The smallest absolute Gasteiger partial charge is 0.0615 e. The van der Waals surface area contributed by atoms with Gasteiger partial charge in [0.2, 0.25) is 0 Å². The zero-order chi connectivity index (χ0) is 14.8. The van der Waals surface area contributed by atoms with Crippen LogP contribution in [0, 0.1) is 0 Å². The van der Waals surface area contributed by atoms with E-state index in [-0.39, 0.29) is 0 Å². The first-order chi connectivity index (χ1) is 9.71. The Morgan fingerprint density at radius 2 is 2.05 bits per heavy atom. The van der Waals surface area contributed by atoms with E-state index in [1.807, 2.05) is 0 Å². The number of rotatable bonds is 10. The lowest BCUT2D eigenvalue weighted by Crippen LogP contribution is -2.35. The number of likely N-dealkylation sites (N-methyl/N-ethyl adjacent to an activating group) is 1. The molecule has 1 unspecified atom stereocenters. The van der Waals surface area contributed by atoms with Crippen molar-refractivity contribution in [3.05, 3.63) is 29.6 Å². The van der Waals surface area contributed by atoms with Crippen LogP contribution in [0.15, 0.2) is 18.2 Å². The zero-order valence-electron chi connectivity index (χ0n) is 13.4. The highest BCUT2D eigenvalue weighted by molar-refractivity contribution is 5.11. The predicted octanol–water partition coefficient (Wildman–Crippen LogP) is 2.44. The topological polar surface area (TPSA) is 37.4 Å². The standard InChI is InChI=1S/C16H29N3O/c1-5-10-17-11-15-8-7-9-16(18-15)12-19(6-2)14(3)13-20-4/h7-9,14,17H,5-6,10-13H2,1-4H3. The van der Waals surface area contributed by atoms with Crippen LogP contribution < -0.4 is 5.32 Å². The molecule has 1 aromatic heterocycles. The molecule has 20 heavy (non-hydrogen) atoms. The molecule has 114 valence electrons. The number of methoxy groups -OCH3 is 1. The van der Waals surface area contributed by atoms with Crippen LogP contribution >= 0.6 is 0 Å². The van der Waals surface area contributed by atoms with Crippen LogP contribution in [-0.2, 0) is 17.8 Å². The van der Waals surface area contributed by atoms with Crippen LogP contribution in [0.25, 0.3) is 0 Å². The molecule has 0 amide bonds. The van der Waals surface area contributed by atoms with Gasteiger partial charge in [-0.2, -0.15) is 0 Å². The number of aromatic nitrogens is 1. The SMILES string of the molecule is CCCNCc1cccc(CN(CC)C(C)COC)n1. The Kier molecular flexibility index (Phi) is 8.42. The van der Waals surface area contributed by atoms with Crippen LogP contribution in [0.2, 0.25) is 0 Å². The highest BCUT2D eigenvalue weighted by Gasteiger charge is 2.12. The molecule has 1 atom stereocenters. The summed E-state index contributed by atoms with van der Waals surface area (Å²) in [4.78, 5) is 7.11. The molecule has 1 heterocycles. The van der Waals surface area contributed by atoms with Crippen LogP contribution in [-0.4, -0.2) is 42.7 Å². The van der Waals surface area contributed by atoms with Crippen molar-refractivity contribution in [2.45, 2.75) is 46.3 Å². The minimum Gasteiger partial charge on any atom is -0.383 e. The van der Waals surface area contributed by atoms with E-state index in [2.05, 4.69) is 49.2 Å². The number of nitrogens with one attached hydrogen (secondary N) is 1. The van der Waals surface area contributed by atoms with Gasteiger partial charge in [0.05, 0.1) is 18.0 Å². The van der Waals surface area contributed by atoms with Gasteiger partial charge in [0.25, 0.3) is 0 Å². The van der Waals surface area contributed by atoms with E-state index >= 15 is 0 Å². The van der Waals surface area contributed by atoms with E-state index in [1.165, 1.54) is 0 Å². The normalized spacial score (nSPS) is 12.8. The molecule has 0 spiro atoms. The summed E-state index contributed by atoms with van der Waals surface area (Å²) in [6.45, 7) is 11.1. The molecule has 0 radical (unpaired) electrons. The van der Waals surface area contributed by atoms with Crippen LogP contribution in [0.3, 0.4) is 0 Å². The van der Waals surface area contributed by atoms with Gasteiger partial charge in [-0.05, 0) is 38.6 Å². The summed E-state index contributed by atoms with van der Waals surface area (Å²) in [6, 6.07) is 6.70. The Morgan fingerprint density at radius 1 is 1.30 bits per heavy atom. The minimum absolute atomic E-state index is 0.411. The Bertz CT molecular complexity index is 370. The molecule has 0 saturated heterocycles. The van der Waals surface area contributed by atoms with Gasteiger partial charge in [-0.15, -0.1) is 0 Å². The first kappa shape index (κ1) is 17.1. The third-order valence-electron chi connectivity index (χ3n) is 3.40. The average molecular weight is 279 g/mol. The molecule has 0 fully saturated rings. The van der Waals surface area contributed by atoms with Crippen molar-refractivity contribution in [1.82, 2.24) is 15.2 Å². The van der Waals surface area contributed by atoms with E-state index in [0.717, 1.165) is 50.6 Å². The molecule has 1 aromatic rings. The Hall–Kier alpha value is -0.970. The maximum Gasteiger partial charge on any atom is 0.0615 e. The lowest BCUT2D eigenvalue weighted by Gasteiger charge is -2.27. The van der Waals surface area contributed by atoms with Gasteiger partial charge >= 0.3 is 0 Å². The van der Waals surface area contributed by atoms with Crippen LogP contribution in [0.4, 0.5) is 0 Å². The van der Waals surface area contributed by atoms with E-state index in [1.54, 1.807) is 7.11 Å². The van der Waals surface area contributed by atoms with Gasteiger partial charge in [0, 0.05) is 26.2 Å². The molecule has 4 nitrogen and oxygen atoms in total.